The number of hydrogen-bond acceptors (Lipinski definition) is 0. The van der Waals surface area contributed by atoms with Gasteiger partial charge in [0.05, 0.1) is 26.2 Å². The first-order valence-corrected chi connectivity index (χ1v) is 11.7. The second-order valence-corrected chi connectivity index (χ2v) is 7.95. The van der Waals surface area contributed by atoms with Gasteiger partial charge in [-0.3, -0.25) is 0 Å². The Balaban J connectivity index is 3.32. The van der Waals surface area contributed by atoms with Crippen LogP contribution in [0.25, 0.3) is 0 Å². The zero-order chi connectivity index (χ0) is 18.6. The maximum absolute atomic E-state index is 2.43. The van der Waals surface area contributed by atoms with Crippen LogP contribution in [0.1, 0.15) is 118 Å². The third-order valence-corrected chi connectivity index (χ3v) is 6.16. The van der Waals surface area contributed by atoms with E-state index in [0.717, 1.165) is 0 Å². The highest BCUT2D eigenvalue weighted by atomic mass is 15.3. The molecular weight excluding hydrogens is 302 g/mol. The zero-order valence-electron chi connectivity index (χ0n) is 18.3. The van der Waals surface area contributed by atoms with Gasteiger partial charge in [-0.1, -0.05) is 70.4 Å². The van der Waals surface area contributed by atoms with Gasteiger partial charge in [-0.05, 0) is 59.3 Å². The van der Waals surface area contributed by atoms with E-state index in [4.69, 9.17) is 0 Å². The van der Waals surface area contributed by atoms with Gasteiger partial charge in [-0.2, -0.15) is 0 Å². The van der Waals surface area contributed by atoms with Crippen molar-refractivity contribution >= 4 is 0 Å². The number of nitrogens with zero attached hydrogens (tertiary/aromatic N) is 1. The van der Waals surface area contributed by atoms with E-state index in [-0.39, 0.29) is 0 Å². The SMILES string of the molecule is CCCCCCCC/C=C/CCCCCCCC[N+](CC)(CC)CC. The normalized spacial score (nSPS) is 12.3. The Morgan fingerprint density at radius 1 is 0.480 bits per heavy atom. The van der Waals surface area contributed by atoms with Gasteiger partial charge < -0.3 is 4.48 Å². The van der Waals surface area contributed by atoms with Crippen molar-refractivity contribution in [2.75, 3.05) is 26.2 Å². The van der Waals surface area contributed by atoms with Crippen LogP contribution in [0, 0.1) is 0 Å². The quantitative estimate of drug-likeness (QED) is 0.126. The molecule has 25 heavy (non-hydrogen) atoms. The molecule has 150 valence electrons. The fourth-order valence-corrected chi connectivity index (χ4v) is 3.84. The average Bonchev–Trinajstić information content (AvgIpc) is 2.65. The molecule has 1 nitrogen and oxygen atoms in total. The molecule has 0 atom stereocenters. The van der Waals surface area contributed by atoms with Crippen molar-refractivity contribution in [1.82, 2.24) is 0 Å². The Hall–Kier alpha value is -0.300. The summed E-state index contributed by atoms with van der Waals surface area (Å²) in [4.78, 5) is 0. The molecule has 0 rings (SSSR count). The van der Waals surface area contributed by atoms with Gasteiger partial charge in [-0.15, -0.1) is 0 Å². The summed E-state index contributed by atoms with van der Waals surface area (Å²) in [6.45, 7) is 14.7. The van der Waals surface area contributed by atoms with Gasteiger partial charge in [0.15, 0.2) is 0 Å². The number of unbranched alkanes of at least 4 members (excludes halogenated alkanes) is 12. The smallest absolute Gasteiger partial charge is 0.0786 e. The first-order valence-electron chi connectivity index (χ1n) is 11.7. The molecule has 0 aromatic carbocycles. The van der Waals surface area contributed by atoms with E-state index >= 15 is 0 Å². The molecule has 0 aliphatic heterocycles. The summed E-state index contributed by atoms with van der Waals surface area (Å²) in [7, 11) is 0. The topological polar surface area (TPSA) is 0 Å². The van der Waals surface area contributed by atoms with Crippen molar-refractivity contribution in [1.29, 1.82) is 0 Å². The standard InChI is InChI=1S/C24H50N/c1-5-9-10-11-12-13-14-15-16-17-18-19-20-21-22-23-24-25(6-2,7-3)8-4/h15-16H,5-14,17-24H2,1-4H3/q+1/b16-15+. The van der Waals surface area contributed by atoms with Gasteiger partial charge in [0.1, 0.15) is 0 Å². The summed E-state index contributed by atoms with van der Waals surface area (Å²) >= 11 is 0. The number of allylic oxidation sites excluding steroid dienone is 2. The molecule has 0 aromatic rings. The molecule has 0 N–H and O–H groups in total. The zero-order valence-corrected chi connectivity index (χ0v) is 18.3. The minimum absolute atomic E-state index is 1.30. The van der Waals surface area contributed by atoms with E-state index in [9.17, 15) is 0 Å². The molecule has 0 aliphatic rings. The van der Waals surface area contributed by atoms with E-state index in [2.05, 4.69) is 39.8 Å². The molecular formula is C24H50N+. The van der Waals surface area contributed by atoms with Crippen LogP contribution in [0.15, 0.2) is 12.2 Å². The third-order valence-electron chi connectivity index (χ3n) is 6.16. The Morgan fingerprint density at radius 2 is 0.880 bits per heavy atom. The van der Waals surface area contributed by atoms with Crippen LogP contribution in [-0.4, -0.2) is 30.7 Å². The van der Waals surface area contributed by atoms with Crippen LogP contribution in [0.5, 0.6) is 0 Å². The van der Waals surface area contributed by atoms with Gasteiger partial charge in [0, 0.05) is 0 Å². The lowest BCUT2D eigenvalue weighted by Crippen LogP contribution is -2.48. The van der Waals surface area contributed by atoms with Crippen LogP contribution in [0.2, 0.25) is 0 Å². The largest absolute Gasteiger partial charge is 0.324 e. The first kappa shape index (κ1) is 24.7. The summed E-state index contributed by atoms with van der Waals surface area (Å²) < 4.78 is 1.32. The van der Waals surface area contributed by atoms with Crippen LogP contribution in [-0.2, 0) is 0 Å². The highest BCUT2D eigenvalue weighted by Crippen LogP contribution is 2.13. The van der Waals surface area contributed by atoms with Crippen LogP contribution >= 0.6 is 0 Å². The Morgan fingerprint density at radius 3 is 1.32 bits per heavy atom. The summed E-state index contributed by atoms with van der Waals surface area (Å²) in [5, 5.41) is 0. The van der Waals surface area contributed by atoms with Crippen LogP contribution in [0.3, 0.4) is 0 Å². The highest BCUT2D eigenvalue weighted by molar-refractivity contribution is 4.81. The second-order valence-electron chi connectivity index (χ2n) is 7.95. The number of rotatable bonds is 19. The van der Waals surface area contributed by atoms with E-state index in [1.54, 1.807) is 0 Å². The fraction of sp³-hybridized carbons (Fsp3) is 0.917. The maximum Gasteiger partial charge on any atom is 0.0786 e. The predicted octanol–water partition coefficient (Wildman–Crippen LogP) is 7.90. The fourth-order valence-electron chi connectivity index (χ4n) is 3.84. The van der Waals surface area contributed by atoms with Crippen molar-refractivity contribution in [3.05, 3.63) is 12.2 Å². The maximum atomic E-state index is 2.43. The average molecular weight is 353 g/mol. The monoisotopic (exact) mass is 352 g/mol. The lowest BCUT2D eigenvalue weighted by atomic mass is 10.1. The lowest BCUT2D eigenvalue weighted by Gasteiger charge is -2.35. The number of quaternary nitrogens is 1. The molecule has 0 bridgehead atoms. The molecule has 0 amide bonds. The van der Waals surface area contributed by atoms with Gasteiger partial charge in [-0.25, -0.2) is 0 Å². The van der Waals surface area contributed by atoms with Crippen molar-refractivity contribution in [2.24, 2.45) is 0 Å². The lowest BCUT2D eigenvalue weighted by molar-refractivity contribution is -0.923. The summed E-state index contributed by atoms with van der Waals surface area (Å²) in [6.07, 6.45) is 24.5. The Labute approximate surface area is 160 Å². The second kappa shape index (κ2) is 18.5. The summed E-state index contributed by atoms with van der Waals surface area (Å²) in [6, 6.07) is 0. The van der Waals surface area contributed by atoms with Crippen LogP contribution in [0.4, 0.5) is 0 Å². The molecule has 0 spiro atoms. The minimum atomic E-state index is 1.30. The molecule has 0 radical (unpaired) electrons. The summed E-state index contributed by atoms with van der Waals surface area (Å²) in [5.41, 5.74) is 0. The van der Waals surface area contributed by atoms with E-state index in [1.165, 1.54) is 121 Å². The van der Waals surface area contributed by atoms with Crippen molar-refractivity contribution < 1.29 is 4.48 Å². The molecule has 0 aliphatic carbocycles. The molecule has 1 heteroatoms. The third kappa shape index (κ3) is 14.5. The van der Waals surface area contributed by atoms with E-state index < -0.39 is 0 Å². The summed E-state index contributed by atoms with van der Waals surface area (Å²) in [5.74, 6) is 0. The van der Waals surface area contributed by atoms with Crippen molar-refractivity contribution in [3.63, 3.8) is 0 Å². The van der Waals surface area contributed by atoms with E-state index in [0.29, 0.717) is 0 Å². The van der Waals surface area contributed by atoms with Crippen molar-refractivity contribution in [3.8, 4) is 0 Å². The van der Waals surface area contributed by atoms with Gasteiger partial charge in [0.2, 0.25) is 0 Å². The molecule has 0 fully saturated rings. The molecule has 0 saturated carbocycles. The molecule has 0 heterocycles. The number of hydrogen-bond donors (Lipinski definition) is 0. The minimum Gasteiger partial charge on any atom is -0.324 e. The van der Waals surface area contributed by atoms with Crippen molar-refractivity contribution in [2.45, 2.75) is 118 Å². The first-order chi connectivity index (χ1) is 12.2. The van der Waals surface area contributed by atoms with Crippen LogP contribution < -0.4 is 0 Å². The highest BCUT2D eigenvalue weighted by Gasteiger charge is 2.19. The van der Waals surface area contributed by atoms with E-state index in [1.807, 2.05) is 0 Å². The van der Waals surface area contributed by atoms with Gasteiger partial charge in [0.25, 0.3) is 0 Å². The Bertz CT molecular complexity index is 270. The molecule has 0 aromatic heterocycles. The Kier molecular flexibility index (Phi) is 18.3. The van der Waals surface area contributed by atoms with Gasteiger partial charge >= 0.3 is 0 Å². The molecule has 0 saturated heterocycles. The predicted molar refractivity (Wildman–Crippen MR) is 116 cm³/mol. The molecule has 0 unspecified atom stereocenters.